The largest absolute Gasteiger partial charge is 0.493 e. The van der Waals surface area contributed by atoms with Crippen LogP contribution in [0.25, 0.3) is 10.9 Å². The molecule has 0 saturated carbocycles. The number of thiol groups is 1. The highest BCUT2D eigenvalue weighted by Crippen LogP contribution is 2.38. The summed E-state index contributed by atoms with van der Waals surface area (Å²) >= 11 is 4.02. The summed E-state index contributed by atoms with van der Waals surface area (Å²) < 4.78 is 70.7. The Kier molecular flexibility index (Phi) is 8.33. The van der Waals surface area contributed by atoms with Gasteiger partial charge in [0.25, 0.3) is 0 Å². The summed E-state index contributed by atoms with van der Waals surface area (Å²) in [6.45, 7) is 0. The van der Waals surface area contributed by atoms with Crippen LogP contribution in [0.4, 0.5) is 28.0 Å². The van der Waals surface area contributed by atoms with Gasteiger partial charge in [0.05, 0.1) is 37.4 Å². The Hall–Kier alpha value is -4.52. The first kappa shape index (κ1) is 28.5. The summed E-state index contributed by atoms with van der Waals surface area (Å²) in [7, 11) is 2.95. The maximum atomic E-state index is 15.0. The number of alkyl halides is 3. The van der Waals surface area contributed by atoms with Crippen LogP contribution in [0.5, 0.6) is 23.0 Å². The predicted octanol–water partition coefficient (Wildman–Crippen LogP) is 6.33. The molecule has 1 aromatic heterocycles. The number of ether oxygens (including phenoxy) is 3. The molecule has 0 radical (unpaired) electrons. The number of amides is 3. The molecule has 0 spiro atoms. The van der Waals surface area contributed by atoms with Gasteiger partial charge in [-0.15, -0.1) is 0 Å². The maximum absolute atomic E-state index is 15.0. The number of hydrogen-bond acceptors (Lipinski definition) is 7. The van der Waals surface area contributed by atoms with Crippen molar-refractivity contribution in [2.24, 2.45) is 0 Å². The molecular formula is C27H21F4N3O5S. The minimum Gasteiger partial charge on any atom is -0.493 e. The Morgan fingerprint density at radius 3 is 2.35 bits per heavy atom. The van der Waals surface area contributed by atoms with Crippen LogP contribution in [0.1, 0.15) is 11.1 Å². The highest BCUT2D eigenvalue weighted by molar-refractivity contribution is 7.82. The van der Waals surface area contributed by atoms with Gasteiger partial charge in [-0.05, 0) is 35.9 Å². The molecule has 40 heavy (non-hydrogen) atoms. The van der Waals surface area contributed by atoms with Gasteiger partial charge in [0, 0.05) is 23.7 Å². The zero-order valence-corrected chi connectivity index (χ0v) is 21.8. The van der Waals surface area contributed by atoms with Gasteiger partial charge in [-0.3, -0.25) is 15.1 Å². The van der Waals surface area contributed by atoms with Crippen LogP contribution in [0.15, 0.2) is 66.9 Å². The van der Waals surface area contributed by atoms with Crippen LogP contribution < -0.4 is 23.8 Å². The minimum absolute atomic E-state index is 0.0384. The third kappa shape index (κ3) is 6.37. The number of imide groups is 1. The molecular weight excluding hydrogens is 554 g/mol. The molecule has 4 aromatic rings. The summed E-state index contributed by atoms with van der Waals surface area (Å²) in [6.07, 6.45) is -3.59. The summed E-state index contributed by atoms with van der Waals surface area (Å²) in [5.74, 6) is -0.740. The third-order valence-corrected chi connectivity index (χ3v) is 6.06. The van der Waals surface area contributed by atoms with Crippen LogP contribution >= 0.6 is 12.8 Å². The maximum Gasteiger partial charge on any atom is 0.416 e. The third-order valence-electron chi connectivity index (χ3n) is 5.64. The number of fused-ring (bicyclic) bond motifs is 1. The number of methoxy groups -OCH3 is 2. The summed E-state index contributed by atoms with van der Waals surface area (Å²) in [4.78, 5) is 29.0. The number of benzene rings is 3. The molecule has 0 aliphatic carbocycles. The predicted molar refractivity (Wildman–Crippen MR) is 141 cm³/mol. The van der Waals surface area contributed by atoms with E-state index in [2.05, 4.69) is 17.8 Å². The lowest BCUT2D eigenvalue weighted by atomic mass is 10.1. The molecule has 13 heteroatoms. The van der Waals surface area contributed by atoms with Gasteiger partial charge in [0.1, 0.15) is 5.75 Å². The summed E-state index contributed by atoms with van der Waals surface area (Å²) in [5, 5.41) is 2.53. The van der Waals surface area contributed by atoms with E-state index in [-0.39, 0.29) is 22.7 Å². The number of anilines is 1. The van der Waals surface area contributed by atoms with Crippen molar-refractivity contribution in [1.29, 1.82) is 0 Å². The van der Waals surface area contributed by atoms with E-state index in [1.807, 2.05) is 5.32 Å². The van der Waals surface area contributed by atoms with Gasteiger partial charge in [-0.25, -0.2) is 13.5 Å². The molecule has 3 amide bonds. The summed E-state index contributed by atoms with van der Waals surface area (Å²) in [5.41, 5.74) is -0.391. The SMILES string of the molecule is COc1cc2nccc(Oc3ccc(N(S)C(=O)NC(=O)Cc4cccc(C(F)(F)F)c4)cc3F)c2cc1OC. The number of rotatable bonds is 7. The second kappa shape index (κ2) is 11.7. The molecule has 1 heterocycles. The number of aromatic nitrogens is 1. The zero-order chi connectivity index (χ0) is 29.0. The van der Waals surface area contributed by atoms with E-state index in [1.54, 1.807) is 12.1 Å². The Morgan fingerprint density at radius 2 is 1.68 bits per heavy atom. The van der Waals surface area contributed by atoms with Gasteiger partial charge in [0.15, 0.2) is 23.1 Å². The standard InChI is InChI=1S/C27H21F4N3O5S/c1-37-23-13-18-20(14-24(23)38-2)32-9-8-21(18)39-22-7-6-17(12-19(22)28)34(40)26(36)33-25(35)11-15-4-3-5-16(10-15)27(29,30)31/h3-10,12-14,40H,11H2,1-2H3,(H,33,35,36). The first-order valence-corrected chi connectivity index (χ1v) is 11.9. The topological polar surface area (TPSA) is 90.0 Å². The number of hydrogen-bond donors (Lipinski definition) is 2. The van der Waals surface area contributed by atoms with Crippen molar-refractivity contribution in [3.8, 4) is 23.0 Å². The van der Waals surface area contributed by atoms with E-state index >= 15 is 0 Å². The molecule has 8 nitrogen and oxygen atoms in total. The molecule has 208 valence electrons. The Bertz CT molecular complexity index is 1580. The van der Waals surface area contributed by atoms with Crippen LogP contribution in [-0.2, 0) is 17.4 Å². The molecule has 3 aromatic carbocycles. The first-order valence-electron chi connectivity index (χ1n) is 11.5. The highest BCUT2D eigenvalue weighted by Gasteiger charge is 2.30. The first-order chi connectivity index (χ1) is 19.0. The van der Waals surface area contributed by atoms with Crippen LogP contribution in [0.2, 0.25) is 0 Å². The van der Waals surface area contributed by atoms with Crippen LogP contribution in [0.3, 0.4) is 0 Å². The van der Waals surface area contributed by atoms with E-state index < -0.39 is 35.9 Å². The molecule has 0 aliphatic heterocycles. The van der Waals surface area contributed by atoms with Crippen LogP contribution in [-0.4, -0.2) is 31.1 Å². The molecule has 0 unspecified atom stereocenters. The Labute approximate surface area is 231 Å². The van der Waals surface area contributed by atoms with Crippen molar-refractivity contribution >= 4 is 41.3 Å². The smallest absolute Gasteiger partial charge is 0.416 e. The number of halogens is 4. The number of carbonyl (C=O) groups excluding carboxylic acids is 2. The molecule has 0 saturated heterocycles. The monoisotopic (exact) mass is 575 g/mol. The van der Waals surface area contributed by atoms with Gasteiger partial charge >= 0.3 is 12.2 Å². The van der Waals surface area contributed by atoms with Crippen molar-refractivity contribution in [2.45, 2.75) is 12.6 Å². The van der Waals surface area contributed by atoms with E-state index in [1.165, 1.54) is 44.7 Å². The fourth-order valence-corrected chi connectivity index (χ4v) is 3.91. The van der Waals surface area contributed by atoms with Crippen LogP contribution in [0, 0.1) is 5.82 Å². The molecule has 0 fully saturated rings. The van der Waals surface area contributed by atoms with Crippen molar-refractivity contribution < 1.29 is 41.4 Å². The number of nitrogens with zero attached hydrogens (tertiary/aromatic N) is 2. The van der Waals surface area contributed by atoms with Gasteiger partial charge in [-0.2, -0.15) is 13.2 Å². The zero-order valence-electron chi connectivity index (χ0n) is 21.0. The highest BCUT2D eigenvalue weighted by atomic mass is 32.1. The average molecular weight is 576 g/mol. The average Bonchev–Trinajstić information content (AvgIpc) is 2.92. The molecule has 0 bridgehead atoms. The van der Waals surface area contributed by atoms with E-state index in [0.717, 1.165) is 24.3 Å². The normalized spacial score (nSPS) is 11.2. The molecule has 4 rings (SSSR count). The lowest BCUT2D eigenvalue weighted by molar-refractivity contribution is -0.137. The fraction of sp³-hybridized carbons (Fsp3) is 0.148. The second-order valence-electron chi connectivity index (χ2n) is 8.29. The lowest BCUT2D eigenvalue weighted by Gasteiger charge is -2.17. The second-order valence-corrected chi connectivity index (χ2v) is 8.69. The van der Waals surface area contributed by atoms with Gasteiger partial charge in [-0.1, -0.05) is 31.0 Å². The Morgan fingerprint density at radius 1 is 0.950 bits per heavy atom. The molecule has 0 aliphatic rings. The number of pyridine rings is 1. The number of nitrogens with one attached hydrogen (secondary N) is 1. The molecule has 1 N–H and O–H groups in total. The lowest BCUT2D eigenvalue weighted by Crippen LogP contribution is -2.39. The number of urea groups is 1. The number of carbonyl (C=O) groups is 2. The quantitative estimate of drug-likeness (QED) is 0.198. The summed E-state index contributed by atoms with van der Waals surface area (Å²) in [6, 6.07) is 11.5. The van der Waals surface area contributed by atoms with E-state index in [4.69, 9.17) is 14.2 Å². The van der Waals surface area contributed by atoms with Crippen molar-refractivity contribution in [2.75, 3.05) is 18.5 Å². The van der Waals surface area contributed by atoms with E-state index in [0.29, 0.717) is 26.7 Å². The van der Waals surface area contributed by atoms with Crippen molar-refractivity contribution in [1.82, 2.24) is 10.3 Å². The fourth-order valence-electron chi connectivity index (χ4n) is 3.74. The van der Waals surface area contributed by atoms with E-state index in [9.17, 15) is 27.2 Å². The van der Waals surface area contributed by atoms with Gasteiger partial charge < -0.3 is 14.2 Å². The van der Waals surface area contributed by atoms with Gasteiger partial charge in [0.2, 0.25) is 5.91 Å². The molecule has 0 atom stereocenters. The Balaban J connectivity index is 1.46. The minimum atomic E-state index is -4.57. The van der Waals surface area contributed by atoms with Crippen molar-refractivity contribution in [3.05, 3.63) is 83.8 Å². The van der Waals surface area contributed by atoms with Crippen molar-refractivity contribution in [3.63, 3.8) is 0 Å².